The number of hydrogen-bond acceptors (Lipinski definition) is 3. The van der Waals surface area contributed by atoms with E-state index in [9.17, 15) is 0 Å². The minimum Gasteiger partial charge on any atom is -0.410 e. The first-order chi connectivity index (χ1) is 6.27. The Hall–Kier alpha value is -1.16. The van der Waals surface area contributed by atoms with Gasteiger partial charge >= 0.3 is 6.98 Å². The number of nitrogens with one attached hydrogen (secondary N) is 1. The molecule has 0 radical (unpaired) electrons. The molecule has 0 saturated heterocycles. The van der Waals surface area contributed by atoms with Crippen molar-refractivity contribution < 1.29 is 0 Å². The lowest BCUT2D eigenvalue weighted by molar-refractivity contribution is 0.420. The zero-order chi connectivity index (χ0) is 9.26. The van der Waals surface area contributed by atoms with Crippen LogP contribution in [0.1, 0.15) is 0 Å². The van der Waals surface area contributed by atoms with Gasteiger partial charge in [0.25, 0.3) is 0 Å². The summed E-state index contributed by atoms with van der Waals surface area (Å²) in [6.45, 7) is 1.31. The van der Waals surface area contributed by atoms with Crippen LogP contribution in [0.3, 0.4) is 0 Å². The summed E-state index contributed by atoms with van der Waals surface area (Å²) in [5.74, 6) is 2.15. The lowest BCUT2D eigenvalue weighted by Gasteiger charge is -2.24. The molecule has 0 spiro atoms. The molecule has 2 aliphatic rings. The van der Waals surface area contributed by atoms with Gasteiger partial charge in [-0.25, -0.2) is 0 Å². The van der Waals surface area contributed by atoms with Crippen LogP contribution in [-0.2, 0) is 0 Å². The molecule has 3 nitrogen and oxygen atoms in total. The summed E-state index contributed by atoms with van der Waals surface area (Å²) in [6, 6.07) is 0. The second-order valence-electron chi connectivity index (χ2n) is 3.62. The van der Waals surface area contributed by atoms with E-state index in [0.29, 0.717) is 6.98 Å². The molecule has 2 rings (SSSR count). The molecule has 0 saturated carbocycles. The molecule has 68 valence electrons. The van der Waals surface area contributed by atoms with Crippen molar-refractivity contribution in [3.05, 3.63) is 36.2 Å². The quantitative estimate of drug-likeness (QED) is 0.613. The maximum atomic E-state index is 3.31. The smallest absolute Gasteiger partial charge is 0.404 e. The van der Waals surface area contributed by atoms with Gasteiger partial charge in [-0.2, -0.15) is 0 Å². The Morgan fingerprint density at radius 3 is 3.08 bits per heavy atom. The van der Waals surface area contributed by atoms with Gasteiger partial charge in [-0.1, -0.05) is 12.1 Å². The predicted octanol–water partition coefficient (Wildman–Crippen LogP) is 0.406. The second-order valence-corrected chi connectivity index (χ2v) is 3.62. The van der Waals surface area contributed by atoms with Crippen molar-refractivity contribution >= 4 is 6.98 Å². The number of allylic oxidation sites excluding steroid dienone is 2. The van der Waals surface area contributed by atoms with Crippen LogP contribution in [0.5, 0.6) is 0 Å². The Bertz CT molecular complexity index is 281. The van der Waals surface area contributed by atoms with Crippen LogP contribution in [0.4, 0.5) is 0 Å². The van der Waals surface area contributed by atoms with E-state index in [1.54, 1.807) is 0 Å². The molecule has 0 aromatic rings. The van der Waals surface area contributed by atoms with Crippen molar-refractivity contribution in [2.24, 2.45) is 0 Å². The molecule has 0 aromatic heterocycles. The number of likely N-dealkylation sites (N-methyl/N-ethyl adjacent to an activating group) is 1. The highest BCUT2D eigenvalue weighted by Gasteiger charge is 2.27. The van der Waals surface area contributed by atoms with Crippen LogP contribution in [0, 0.1) is 0 Å². The Kier molecular flexibility index (Phi) is 2.14. The molecule has 0 atom stereocenters. The topological polar surface area (TPSA) is 18.5 Å². The molecule has 0 bridgehead atoms. The van der Waals surface area contributed by atoms with Crippen LogP contribution in [0.2, 0.25) is 0 Å². The molecular weight excluding hydrogens is 161 g/mol. The van der Waals surface area contributed by atoms with E-state index in [2.05, 4.69) is 59.6 Å². The zero-order valence-corrected chi connectivity index (χ0v) is 8.07. The first-order valence-corrected chi connectivity index (χ1v) is 4.50. The number of rotatable bonds is 2. The largest absolute Gasteiger partial charge is 0.410 e. The Labute approximate surface area is 79.5 Å². The summed E-state index contributed by atoms with van der Waals surface area (Å²) in [4.78, 5) is 4.42. The number of nitrogens with zero attached hydrogens (tertiary/aromatic N) is 2. The first-order valence-electron chi connectivity index (χ1n) is 4.50. The predicted molar refractivity (Wildman–Crippen MR) is 55.6 cm³/mol. The van der Waals surface area contributed by atoms with E-state index in [1.165, 1.54) is 5.70 Å². The van der Waals surface area contributed by atoms with E-state index in [4.69, 9.17) is 0 Å². The van der Waals surface area contributed by atoms with Gasteiger partial charge in [0.15, 0.2) is 0 Å². The highest BCUT2D eigenvalue weighted by molar-refractivity contribution is 6.61. The maximum absolute atomic E-state index is 3.31. The van der Waals surface area contributed by atoms with Crippen LogP contribution >= 0.6 is 0 Å². The van der Waals surface area contributed by atoms with Gasteiger partial charge in [0.1, 0.15) is 0 Å². The normalized spacial score (nSPS) is 19.2. The third-order valence-corrected chi connectivity index (χ3v) is 2.18. The Morgan fingerprint density at radius 2 is 2.31 bits per heavy atom. The first kappa shape index (κ1) is 8.44. The monoisotopic (exact) mass is 175 g/mol. The fourth-order valence-corrected chi connectivity index (χ4v) is 1.61. The van der Waals surface area contributed by atoms with Gasteiger partial charge in [-0.3, -0.25) is 0 Å². The van der Waals surface area contributed by atoms with Gasteiger partial charge in [0, 0.05) is 18.4 Å². The summed E-state index contributed by atoms with van der Waals surface area (Å²) in [5, 5.41) is 3.31. The summed E-state index contributed by atoms with van der Waals surface area (Å²) in [5.41, 5.74) is 1.32. The molecule has 0 amide bonds. The van der Waals surface area contributed by atoms with Gasteiger partial charge in [-0.05, 0) is 26.4 Å². The van der Waals surface area contributed by atoms with E-state index in [0.717, 1.165) is 6.54 Å². The van der Waals surface area contributed by atoms with Gasteiger partial charge < -0.3 is 14.9 Å². The van der Waals surface area contributed by atoms with Crippen molar-refractivity contribution in [3.63, 3.8) is 0 Å². The van der Waals surface area contributed by atoms with Crippen LogP contribution in [0.15, 0.2) is 36.2 Å². The fraction of sp³-hybridized carbons (Fsp3) is 0.333. The summed E-state index contributed by atoms with van der Waals surface area (Å²) >= 11 is 0. The van der Waals surface area contributed by atoms with Crippen molar-refractivity contribution in [2.75, 3.05) is 20.6 Å². The lowest BCUT2D eigenvalue weighted by atomic mass is 9.74. The summed E-state index contributed by atoms with van der Waals surface area (Å²) < 4.78 is 0. The van der Waals surface area contributed by atoms with Crippen molar-refractivity contribution in [2.45, 2.75) is 0 Å². The van der Waals surface area contributed by atoms with Crippen LogP contribution in [0.25, 0.3) is 0 Å². The van der Waals surface area contributed by atoms with E-state index in [1.807, 2.05) is 0 Å². The zero-order valence-electron chi connectivity index (χ0n) is 8.07. The molecule has 4 heteroatoms. The molecule has 13 heavy (non-hydrogen) atoms. The second kappa shape index (κ2) is 3.30. The van der Waals surface area contributed by atoms with Crippen molar-refractivity contribution in [1.29, 1.82) is 0 Å². The van der Waals surface area contributed by atoms with Gasteiger partial charge in [-0.15, -0.1) is 0 Å². The SMILES string of the molecule is CN(C)CC1=CNB2C=CC=CN21. The molecule has 0 unspecified atom stereocenters. The average molecular weight is 175 g/mol. The molecule has 2 aliphatic heterocycles. The van der Waals surface area contributed by atoms with Crippen molar-refractivity contribution in [1.82, 2.24) is 14.9 Å². The van der Waals surface area contributed by atoms with E-state index < -0.39 is 0 Å². The van der Waals surface area contributed by atoms with E-state index >= 15 is 0 Å². The molecule has 0 fully saturated rings. The maximum Gasteiger partial charge on any atom is 0.404 e. The van der Waals surface area contributed by atoms with E-state index in [-0.39, 0.29) is 0 Å². The molecule has 2 heterocycles. The van der Waals surface area contributed by atoms with Gasteiger partial charge in [0.2, 0.25) is 0 Å². The highest BCUT2D eigenvalue weighted by Crippen LogP contribution is 2.16. The number of fused-ring (bicyclic) bond motifs is 1. The van der Waals surface area contributed by atoms with Crippen LogP contribution < -0.4 is 5.23 Å². The standard InChI is InChI=1S/C9H14BN3/c1-12(2)8-9-7-11-10-5-3-4-6-13(9)10/h3-7,11H,8H2,1-2H3. The van der Waals surface area contributed by atoms with Crippen molar-refractivity contribution in [3.8, 4) is 0 Å². The fourth-order valence-electron chi connectivity index (χ4n) is 1.61. The third-order valence-electron chi connectivity index (χ3n) is 2.18. The Morgan fingerprint density at radius 1 is 1.46 bits per heavy atom. The minimum absolute atomic E-state index is 0.333. The lowest BCUT2D eigenvalue weighted by Crippen LogP contribution is -2.39. The third kappa shape index (κ3) is 1.63. The summed E-state index contributed by atoms with van der Waals surface area (Å²) in [6.07, 6.45) is 8.33. The molecule has 1 N–H and O–H groups in total. The highest BCUT2D eigenvalue weighted by atomic mass is 15.2. The molecule has 0 aromatic carbocycles. The Balaban J connectivity index is 2.07. The van der Waals surface area contributed by atoms with Crippen LogP contribution in [-0.4, -0.2) is 37.3 Å². The molecule has 0 aliphatic carbocycles. The average Bonchev–Trinajstić information content (AvgIpc) is 2.48. The minimum atomic E-state index is 0.333. The van der Waals surface area contributed by atoms with Gasteiger partial charge in [0.05, 0.1) is 0 Å². The summed E-state index contributed by atoms with van der Waals surface area (Å²) in [7, 11) is 4.16. The molecular formula is C9H14BN3. The number of hydrogen-bond donors (Lipinski definition) is 1.